The molecule has 5 rings (SSSR count). The van der Waals surface area contributed by atoms with Crippen LogP contribution >= 0.6 is 0 Å². The van der Waals surface area contributed by atoms with Crippen LogP contribution in [0.15, 0.2) is 53.1 Å². The molecule has 7 nitrogen and oxygen atoms in total. The molecule has 0 radical (unpaired) electrons. The van der Waals surface area contributed by atoms with Crippen LogP contribution < -0.4 is 14.2 Å². The number of aromatic nitrogens is 1. The molecule has 1 aromatic heterocycles. The number of nitrogens with zero attached hydrogens (tertiary/aromatic N) is 2. The van der Waals surface area contributed by atoms with Gasteiger partial charge in [-0.2, -0.15) is 0 Å². The van der Waals surface area contributed by atoms with Crippen LogP contribution in [0.3, 0.4) is 0 Å². The Morgan fingerprint density at radius 2 is 1.93 bits per heavy atom. The van der Waals surface area contributed by atoms with Gasteiger partial charge in [-0.15, -0.1) is 0 Å². The van der Waals surface area contributed by atoms with Gasteiger partial charge in [-0.3, -0.25) is 4.79 Å². The number of fused-ring (bicyclic) bond motifs is 1. The van der Waals surface area contributed by atoms with E-state index in [1.807, 2.05) is 47.4 Å². The number of carbonyl (C=O) groups is 1. The van der Waals surface area contributed by atoms with Crippen LogP contribution in [-0.4, -0.2) is 36.4 Å². The molecule has 0 saturated carbocycles. The lowest BCUT2D eigenvalue weighted by Crippen LogP contribution is -2.30. The maximum absolute atomic E-state index is 13.1. The van der Waals surface area contributed by atoms with Crippen LogP contribution in [0.5, 0.6) is 17.2 Å². The second-order valence-corrected chi connectivity index (χ2v) is 7.07. The van der Waals surface area contributed by atoms with Crippen molar-refractivity contribution in [3.63, 3.8) is 0 Å². The van der Waals surface area contributed by atoms with Crippen molar-refractivity contribution in [1.29, 1.82) is 0 Å². The standard InChI is InChI=1S/C22H20N2O5/c1-26-16-7-4-14(5-8-16)18-3-2-10-24(18)22(25)17-12-20(29-23-17)15-6-9-19-21(11-15)28-13-27-19/h4-9,11-12,18H,2-3,10,13H2,1H3/t18-/m1/s1. The summed E-state index contributed by atoms with van der Waals surface area (Å²) in [5, 5.41) is 4.03. The minimum absolute atomic E-state index is 0.0269. The van der Waals surface area contributed by atoms with Crippen molar-refractivity contribution in [3.8, 4) is 28.6 Å². The number of amides is 1. The molecule has 29 heavy (non-hydrogen) atoms. The van der Waals surface area contributed by atoms with Gasteiger partial charge in [-0.25, -0.2) is 0 Å². The first-order valence-electron chi connectivity index (χ1n) is 9.54. The lowest BCUT2D eigenvalue weighted by atomic mass is 10.0. The van der Waals surface area contributed by atoms with E-state index >= 15 is 0 Å². The maximum Gasteiger partial charge on any atom is 0.276 e. The van der Waals surface area contributed by atoms with Gasteiger partial charge in [0.2, 0.25) is 6.79 Å². The Kier molecular flexibility index (Phi) is 4.35. The zero-order valence-corrected chi connectivity index (χ0v) is 16.0. The van der Waals surface area contributed by atoms with E-state index in [1.54, 1.807) is 13.2 Å². The lowest BCUT2D eigenvalue weighted by molar-refractivity contribution is 0.0725. The van der Waals surface area contributed by atoms with Gasteiger partial charge in [0.05, 0.1) is 13.2 Å². The van der Waals surface area contributed by atoms with Crippen LogP contribution in [0.2, 0.25) is 0 Å². The molecule has 148 valence electrons. The summed E-state index contributed by atoms with van der Waals surface area (Å²) >= 11 is 0. The Bertz CT molecular complexity index is 1040. The van der Waals surface area contributed by atoms with E-state index in [-0.39, 0.29) is 18.7 Å². The summed E-state index contributed by atoms with van der Waals surface area (Å²) in [6.45, 7) is 0.905. The fourth-order valence-corrected chi connectivity index (χ4v) is 3.89. The molecule has 7 heteroatoms. The quantitative estimate of drug-likeness (QED) is 0.667. The highest BCUT2D eigenvalue weighted by molar-refractivity contribution is 5.93. The molecule has 2 aromatic carbocycles. The second kappa shape index (κ2) is 7.16. The third-order valence-electron chi connectivity index (χ3n) is 5.40. The van der Waals surface area contributed by atoms with Crippen molar-refractivity contribution in [1.82, 2.24) is 10.1 Å². The summed E-state index contributed by atoms with van der Waals surface area (Å²) in [6.07, 6.45) is 1.88. The van der Waals surface area contributed by atoms with Gasteiger partial charge in [-0.05, 0) is 48.7 Å². The molecule has 2 aliphatic heterocycles. The van der Waals surface area contributed by atoms with E-state index < -0.39 is 0 Å². The van der Waals surface area contributed by atoms with Crippen LogP contribution in [-0.2, 0) is 0 Å². The summed E-state index contributed by atoms with van der Waals surface area (Å²) in [6, 6.07) is 15.1. The van der Waals surface area contributed by atoms with Crippen molar-refractivity contribution >= 4 is 5.91 Å². The largest absolute Gasteiger partial charge is 0.497 e. The minimum atomic E-state index is -0.126. The number of hydrogen-bond acceptors (Lipinski definition) is 6. The van der Waals surface area contributed by atoms with Gasteiger partial charge >= 0.3 is 0 Å². The van der Waals surface area contributed by atoms with Crippen molar-refractivity contribution in [2.75, 3.05) is 20.4 Å². The Hall–Kier alpha value is -3.48. The van der Waals surface area contributed by atoms with Gasteiger partial charge in [0.1, 0.15) is 5.75 Å². The van der Waals surface area contributed by atoms with Crippen molar-refractivity contribution in [2.24, 2.45) is 0 Å². The number of benzene rings is 2. The molecule has 1 fully saturated rings. The van der Waals surface area contributed by atoms with Crippen molar-refractivity contribution < 1.29 is 23.5 Å². The van der Waals surface area contributed by atoms with Crippen molar-refractivity contribution in [2.45, 2.75) is 18.9 Å². The molecular formula is C22H20N2O5. The fraction of sp³-hybridized carbons (Fsp3) is 0.273. The van der Waals surface area contributed by atoms with Crippen LogP contribution in [0.25, 0.3) is 11.3 Å². The number of rotatable bonds is 4. The number of likely N-dealkylation sites (tertiary alicyclic amines) is 1. The molecular weight excluding hydrogens is 372 g/mol. The van der Waals surface area contributed by atoms with Crippen LogP contribution in [0.1, 0.15) is 34.9 Å². The van der Waals surface area contributed by atoms with Gasteiger partial charge < -0.3 is 23.6 Å². The Labute approximate surface area is 167 Å². The highest BCUT2D eigenvalue weighted by Gasteiger charge is 2.32. The molecule has 0 unspecified atom stereocenters. The molecule has 2 aliphatic rings. The molecule has 0 spiro atoms. The molecule has 3 aromatic rings. The zero-order valence-electron chi connectivity index (χ0n) is 16.0. The summed E-state index contributed by atoms with van der Waals surface area (Å²) < 4.78 is 21.4. The number of hydrogen-bond donors (Lipinski definition) is 0. The van der Waals surface area contributed by atoms with Gasteiger partial charge in [0.15, 0.2) is 23.0 Å². The van der Waals surface area contributed by atoms with E-state index in [0.29, 0.717) is 29.5 Å². The normalized spacial score (nSPS) is 17.6. The SMILES string of the molecule is COc1ccc([C@H]2CCCN2C(=O)c2cc(-c3ccc4c(c3)OCO4)on2)cc1. The summed E-state index contributed by atoms with van der Waals surface area (Å²) in [7, 11) is 1.64. The molecule has 0 N–H and O–H groups in total. The van der Waals surface area contributed by atoms with E-state index in [2.05, 4.69) is 5.16 Å². The van der Waals surface area contributed by atoms with Gasteiger partial charge in [0.25, 0.3) is 5.91 Å². The summed E-state index contributed by atoms with van der Waals surface area (Å²) in [4.78, 5) is 15.0. The predicted molar refractivity (Wildman–Crippen MR) is 104 cm³/mol. The van der Waals surface area contributed by atoms with Crippen molar-refractivity contribution in [3.05, 3.63) is 59.8 Å². The van der Waals surface area contributed by atoms with E-state index in [4.69, 9.17) is 18.7 Å². The summed E-state index contributed by atoms with van der Waals surface area (Å²) in [5.41, 5.74) is 2.18. The minimum Gasteiger partial charge on any atom is -0.497 e. The first-order chi connectivity index (χ1) is 14.2. The average Bonchev–Trinajstić information content (AvgIpc) is 3.53. The Balaban J connectivity index is 1.37. The molecule has 3 heterocycles. The number of carbonyl (C=O) groups excluding carboxylic acids is 1. The third kappa shape index (κ3) is 3.18. The Morgan fingerprint density at radius 1 is 1.10 bits per heavy atom. The first kappa shape index (κ1) is 17.6. The molecule has 1 saturated heterocycles. The maximum atomic E-state index is 13.1. The zero-order chi connectivity index (χ0) is 19.8. The number of ether oxygens (including phenoxy) is 3. The molecule has 1 amide bonds. The molecule has 1 atom stereocenters. The average molecular weight is 392 g/mol. The smallest absolute Gasteiger partial charge is 0.276 e. The third-order valence-corrected chi connectivity index (χ3v) is 5.40. The number of methoxy groups -OCH3 is 1. The predicted octanol–water partition coefficient (Wildman–Crippen LogP) is 4.06. The highest BCUT2D eigenvalue weighted by Crippen LogP contribution is 2.37. The monoisotopic (exact) mass is 392 g/mol. The van der Waals surface area contributed by atoms with E-state index in [1.165, 1.54) is 0 Å². The molecule has 0 bridgehead atoms. The highest BCUT2D eigenvalue weighted by atomic mass is 16.7. The fourth-order valence-electron chi connectivity index (χ4n) is 3.89. The van der Waals surface area contributed by atoms with E-state index in [0.717, 1.165) is 29.7 Å². The van der Waals surface area contributed by atoms with Crippen LogP contribution in [0, 0.1) is 0 Å². The summed E-state index contributed by atoms with van der Waals surface area (Å²) in [5.74, 6) is 2.55. The first-order valence-corrected chi connectivity index (χ1v) is 9.54. The molecule has 0 aliphatic carbocycles. The second-order valence-electron chi connectivity index (χ2n) is 7.07. The van der Waals surface area contributed by atoms with E-state index in [9.17, 15) is 4.79 Å². The van der Waals surface area contributed by atoms with Gasteiger partial charge in [0, 0.05) is 18.2 Å². The topological polar surface area (TPSA) is 74.0 Å². The lowest BCUT2D eigenvalue weighted by Gasteiger charge is -2.24. The van der Waals surface area contributed by atoms with Crippen LogP contribution in [0.4, 0.5) is 0 Å². The Morgan fingerprint density at radius 3 is 2.76 bits per heavy atom. The van der Waals surface area contributed by atoms with Gasteiger partial charge in [-0.1, -0.05) is 17.3 Å².